The highest BCUT2D eigenvalue weighted by Gasteiger charge is 2.32. The van der Waals surface area contributed by atoms with Crippen LogP contribution in [0, 0.1) is 11.8 Å². The van der Waals surface area contributed by atoms with Gasteiger partial charge in [0.05, 0.1) is 6.54 Å². The summed E-state index contributed by atoms with van der Waals surface area (Å²) in [5.74, 6) is 3.76. The number of carbonyl (C=O) groups is 1. The molecule has 1 aromatic rings. The lowest BCUT2D eigenvalue weighted by molar-refractivity contribution is -0.135. The molecule has 6 heteroatoms. The Balaban J connectivity index is 1.08. The molecule has 0 radical (unpaired) electrons. The molecule has 5 rings (SSSR count). The van der Waals surface area contributed by atoms with Crippen LogP contribution in [-0.2, 0) is 11.3 Å². The van der Waals surface area contributed by atoms with Crippen molar-refractivity contribution in [2.75, 3.05) is 52.6 Å². The van der Waals surface area contributed by atoms with Crippen molar-refractivity contribution < 1.29 is 14.3 Å². The Hall–Kier alpha value is -1.79. The number of hydrogen-bond donors (Lipinski definition) is 0. The normalized spacial score (nSPS) is 27.7. The van der Waals surface area contributed by atoms with Crippen molar-refractivity contribution in [3.63, 3.8) is 0 Å². The fraction of sp³-hybridized carbons (Fsp3) is 0.696. The van der Waals surface area contributed by atoms with Crippen LogP contribution >= 0.6 is 0 Å². The van der Waals surface area contributed by atoms with Gasteiger partial charge in [-0.15, -0.1) is 0 Å². The number of amides is 1. The predicted molar refractivity (Wildman–Crippen MR) is 111 cm³/mol. The zero-order valence-corrected chi connectivity index (χ0v) is 17.4. The highest BCUT2D eigenvalue weighted by molar-refractivity contribution is 5.78. The van der Waals surface area contributed by atoms with Gasteiger partial charge in [-0.2, -0.15) is 0 Å². The van der Waals surface area contributed by atoms with Gasteiger partial charge >= 0.3 is 0 Å². The third-order valence-corrected chi connectivity index (χ3v) is 7.30. The lowest BCUT2D eigenvalue weighted by Gasteiger charge is -2.42. The van der Waals surface area contributed by atoms with E-state index in [1.165, 1.54) is 37.7 Å². The quantitative estimate of drug-likeness (QED) is 0.779. The topological polar surface area (TPSA) is 45.3 Å². The number of benzene rings is 1. The molecular weight excluding hydrogens is 366 g/mol. The number of hydrogen-bond acceptors (Lipinski definition) is 5. The summed E-state index contributed by atoms with van der Waals surface area (Å²) in [7, 11) is 0. The van der Waals surface area contributed by atoms with Crippen molar-refractivity contribution in [2.24, 2.45) is 11.8 Å². The molecule has 0 spiro atoms. The number of nitrogens with zero attached hydrogens (tertiary/aromatic N) is 3. The third-order valence-electron chi connectivity index (χ3n) is 7.30. The molecule has 0 aromatic heterocycles. The molecule has 3 fully saturated rings. The van der Waals surface area contributed by atoms with Crippen molar-refractivity contribution in [3.8, 4) is 11.5 Å². The number of carbonyl (C=O) groups excluding carboxylic acids is 1. The van der Waals surface area contributed by atoms with Crippen LogP contribution in [0.1, 0.15) is 37.7 Å². The SMILES string of the molecule is O=C(CN1CCC2CCCCC2C1)N1CCN(Cc2ccc3c(c2)OCO3)CC1. The molecule has 29 heavy (non-hydrogen) atoms. The minimum atomic E-state index is 0.317. The summed E-state index contributed by atoms with van der Waals surface area (Å²) in [6.45, 7) is 7.62. The minimum absolute atomic E-state index is 0.317. The van der Waals surface area contributed by atoms with E-state index in [0.717, 1.165) is 69.1 Å². The maximum Gasteiger partial charge on any atom is 0.236 e. The van der Waals surface area contributed by atoms with Gasteiger partial charge in [-0.1, -0.05) is 25.3 Å². The maximum absolute atomic E-state index is 12.9. The summed E-state index contributed by atoms with van der Waals surface area (Å²) in [5.41, 5.74) is 1.24. The molecule has 1 aliphatic carbocycles. The van der Waals surface area contributed by atoms with E-state index in [-0.39, 0.29) is 0 Å². The number of fused-ring (bicyclic) bond motifs is 2. The van der Waals surface area contributed by atoms with Crippen LogP contribution in [-0.4, -0.2) is 73.2 Å². The first kappa shape index (κ1) is 19.2. The van der Waals surface area contributed by atoms with Gasteiger partial charge in [-0.3, -0.25) is 14.6 Å². The summed E-state index contributed by atoms with van der Waals surface area (Å²) < 4.78 is 10.9. The first-order valence-electron chi connectivity index (χ1n) is 11.4. The molecule has 1 aromatic carbocycles. The molecular formula is C23H33N3O3. The zero-order chi connectivity index (χ0) is 19.6. The number of piperidine rings is 1. The van der Waals surface area contributed by atoms with E-state index in [9.17, 15) is 4.79 Å². The number of likely N-dealkylation sites (tertiary alicyclic amines) is 1. The molecule has 0 bridgehead atoms. The standard InChI is InChI=1S/C23H33N3O3/c27-23(16-25-8-7-19-3-1-2-4-20(19)15-25)26-11-9-24(10-12-26)14-18-5-6-21-22(13-18)29-17-28-21/h5-6,13,19-20H,1-4,7-12,14-17H2. The summed E-state index contributed by atoms with van der Waals surface area (Å²) in [6.07, 6.45) is 6.87. The van der Waals surface area contributed by atoms with E-state index in [0.29, 0.717) is 19.2 Å². The first-order chi connectivity index (χ1) is 14.2. The molecule has 1 amide bonds. The monoisotopic (exact) mass is 399 g/mol. The van der Waals surface area contributed by atoms with Gasteiger partial charge < -0.3 is 14.4 Å². The summed E-state index contributed by atoms with van der Waals surface area (Å²) >= 11 is 0. The van der Waals surface area contributed by atoms with Crippen LogP contribution < -0.4 is 9.47 Å². The molecule has 2 unspecified atom stereocenters. The first-order valence-corrected chi connectivity index (χ1v) is 11.4. The Labute approximate surface area is 173 Å². The van der Waals surface area contributed by atoms with E-state index in [4.69, 9.17) is 9.47 Å². The van der Waals surface area contributed by atoms with Gasteiger partial charge in [0.15, 0.2) is 11.5 Å². The van der Waals surface area contributed by atoms with Gasteiger partial charge in [0.1, 0.15) is 0 Å². The molecule has 158 valence electrons. The smallest absolute Gasteiger partial charge is 0.236 e. The minimum Gasteiger partial charge on any atom is -0.454 e. The highest BCUT2D eigenvalue weighted by Crippen LogP contribution is 2.36. The van der Waals surface area contributed by atoms with E-state index in [1.807, 2.05) is 6.07 Å². The number of rotatable bonds is 4. The molecule has 4 aliphatic rings. The van der Waals surface area contributed by atoms with Gasteiger partial charge in [0.25, 0.3) is 0 Å². The second-order valence-corrected chi connectivity index (χ2v) is 9.17. The van der Waals surface area contributed by atoms with Gasteiger partial charge in [0, 0.05) is 39.3 Å². The Morgan fingerprint density at radius 2 is 1.69 bits per heavy atom. The molecule has 3 heterocycles. The predicted octanol–water partition coefficient (Wildman–Crippen LogP) is 2.57. The fourth-order valence-corrected chi connectivity index (χ4v) is 5.56. The molecule has 2 saturated heterocycles. The van der Waals surface area contributed by atoms with Crippen LogP contribution in [0.4, 0.5) is 0 Å². The fourth-order valence-electron chi connectivity index (χ4n) is 5.56. The lowest BCUT2D eigenvalue weighted by atomic mass is 9.75. The zero-order valence-electron chi connectivity index (χ0n) is 17.4. The van der Waals surface area contributed by atoms with E-state index in [1.54, 1.807) is 0 Å². The average Bonchev–Trinajstić information content (AvgIpc) is 3.22. The molecule has 1 saturated carbocycles. The van der Waals surface area contributed by atoms with Crippen molar-refractivity contribution in [3.05, 3.63) is 23.8 Å². The number of piperazine rings is 1. The van der Waals surface area contributed by atoms with Crippen LogP contribution in [0.2, 0.25) is 0 Å². The highest BCUT2D eigenvalue weighted by atomic mass is 16.7. The Morgan fingerprint density at radius 3 is 2.55 bits per heavy atom. The van der Waals surface area contributed by atoms with E-state index < -0.39 is 0 Å². The summed E-state index contributed by atoms with van der Waals surface area (Å²) in [5, 5.41) is 0. The summed E-state index contributed by atoms with van der Waals surface area (Å²) in [4.78, 5) is 19.8. The van der Waals surface area contributed by atoms with Crippen LogP contribution in [0.5, 0.6) is 11.5 Å². The molecule has 2 atom stereocenters. The third kappa shape index (κ3) is 4.38. The van der Waals surface area contributed by atoms with E-state index >= 15 is 0 Å². The van der Waals surface area contributed by atoms with Crippen molar-refractivity contribution in [2.45, 2.75) is 38.6 Å². The summed E-state index contributed by atoms with van der Waals surface area (Å²) in [6, 6.07) is 6.18. The van der Waals surface area contributed by atoms with Crippen molar-refractivity contribution in [1.82, 2.24) is 14.7 Å². The Kier molecular flexibility index (Phi) is 5.64. The Bertz CT molecular complexity index is 732. The van der Waals surface area contributed by atoms with Crippen molar-refractivity contribution >= 4 is 5.91 Å². The van der Waals surface area contributed by atoms with Gasteiger partial charge in [-0.25, -0.2) is 0 Å². The largest absolute Gasteiger partial charge is 0.454 e. The second-order valence-electron chi connectivity index (χ2n) is 9.17. The number of ether oxygens (including phenoxy) is 2. The van der Waals surface area contributed by atoms with Crippen LogP contribution in [0.15, 0.2) is 18.2 Å². The molecule has 3 aliphatic heterocycles. The average molecular weight is 400 g/mol. The Morgan fingerprint density at radius 1 is 0.897 bits per heavy atom. The van der Waals surface area contributed by atoms with Crippen LogP contribution in [0.3, 0.4) is 0 Å². The molecule has 0 N–H and O–H groups in total. The van der Waals surface area contributed by atoms with E-state index in [2.05, 4.69) is 26.8 Å². The lowest BCUT2D eigenvalue weighted by Crippen LogP contribution is -2.52. The maximum atomic E-state index is 12.9. The van der Waals surface area contributed by atoms with Crippen LogP contribution in [0.25, 0.3) is 0 Å². The molecule has 6 nitrogen and oxygen atoms in total. The van der Waals surface area contributed by atoms with Gasteiger partial charge in [0.2, 0.25) is 12.7 Å². The van der Waals surface area contributed by atoms with Crippen molar-refractivity contribution in [1.29, 1.82) is 0 Å². The van der Waals surface area contributed by atoms with Gasteiger partial charge in [-0.05, 0) is 48.9 Å². The second kappa shape index (κ2) is 8.52.